The first-order valence-electron chi connectivity index (χ1n) is 10.7. The van der Waals surface area contributed by atoms with Gasteiger partial charge in [0.25, 0.3) is 0 Å². The molecule has 1 saturated heterocycles. The SMILES string of the molecule is CN=C(NCc1ccc(CS(=O)(=O)NC)cc1)NCC(c1ccco1)N1CCCCC1.I. The third kappa shape index (κ3) is 8.05. The molecule has 0 radical (unpaired) electrons. The van der Waals surface area contributed by atoms with Crippen LogP contribution in [0.3, 0.4) is 0 Å². The van der Waals surface area contributed by atoms with Crippen LogP contribution in [-0.2, 0) is 22.3 Å². The van der Waals surface area contributed by atoms with E-state index in [2.05, 4.69) is 25.2 Å². The van der Waals surface area contributed by atoms with Gasteiger partial charge in [-0.1, -0.05) is 30.7 Å². The Labute approximate surface area is 208 Å². The fourth-order valence-corrected chi connectivity index (χ4v) is 4.54. The van der Waals surface area contributed by atoms with E-state index >= 15 is 0 Å². The van der Waals surface area contributed by atoms with Gasteiger partial charge in [-0.2, -0.15) is 0 Å². The highest BCUT2D eigenvalue weighted by atomic mass is 127. The summed E-state index contributed by atoms with van der Waals surface area (Å²) in [6.07, 6.45) is 5.45. The summed E-state index contributed by atoms with van der Waals surface area (Å²) in [5, 5.41) is 6.75. The van der Waals surface area contributed by atoms with Crippen LogP contribution in [0.15, 0.2) is 52.1 Å². The minimum Gasteiger partial charge on any atom is -0.468 e. The number of benzene rings is 1. The fraction of sp³-hybridized carbons (Fsp3) is 0.500. The van der Waals surface area contributed by atoms with Gasteiger partial charge in [0.05, 0.1) is 18.1 Å². The first kappa shape index (κ1) is 26.6. The van der Waals surface area contributed by atoms with Gasteiger partial charge in [0.15, 0.2) is 5.96 Å². The van der Waals surface area contributed by atoms with Crippen LogP contribution in [0.5, 0.6) is 0 Å². The van der Waals surface area contributed by atoms with E-state index in [-0.39, 0.29) is 35.8 Å². The number of nitrogens with zero attached hydrogens (tertiary/aromatic N) is 2. The Morgan fingerprint density at radius 3 is 2.38 bits per heavy atom. The summed E-state index contributed by atoms with van der Waals surface area (Å²) >= 11 is 0. The van der Waals surface area contributed by atoms with Gasteiger partial charge < -0.3 is 15.1 Å². The molecule has 3 rings (SSSR count). The van der Waals surface area contributed by atoms with Crippen molar-refractivity contribution < 1.29 is 12.8 Å². The van der Waals surface area contributed by atoms with Gasteiger partial charge >= 0.3 is 0 Å². The van der Waals surface area contributed by atoms with Crippen molar-refractivity contribution in [2.45, 2.75) is 37.6 Å². The molecule has 8 nitrogen and oxygen atoms in total. The summed E-state index contributed by atoms with van der Waals surface area (Å²) in [6, 6.07) is 11.7. The lowest BCUT2D eigenvalue weighted by atomic mass is 10.1. The van der Waals surface area contributed by atoms with Crippen molar-refractivity contribution in [1.82, 2.24) is 20.3 Å². The van der Waals surface area contributed by atoms with Crippen molar-refractivity contribution in [2.75, 3.05) is 33.7 Å². The molecule has 10 heteroatoms. The Bertz CT molecular complexity index is 927. The molecule has 1 aromatic carbocycles. The minimum absolute atomic E-state index is 0. The molecule has 1 aliphatic rings. The highest BCUT2D eigenvalue weighted by molar-refractivity contribution is 14.0. The average Bonchev–Trinajstić information content (AvgIpc) is 3.32. The molecule has 0 bridgehead atoms. The second-order valence-electron chi connectivity index (χ2n) is 7.71. The third-order valence-electron chi connectivity index (χ3n) is 5.54. The van der Waals surface area contributed by atoms with Gasteiger partial charge in [0, 0.05) is 20.1 Å². The van der Waals surface area contributed by atoms with Gasteiger partial charge in [-0.25, -0.2) is 13.1 Å². The highest BCUT2D eigenvalue weighted by Gasteiger charge is 2.24. The van der Waals surface area contributed by atoms with Crippen LogP contribution in [0, 0.1) is 0 Å². The number of hydrogen-bond donors (Lipinski definition) is 3. The monoisotopic (exact) mass is 575 g/mol. The van der Waals surface area contributed by atoms with Crippen molar-refractivity contribution >= 4 is 40.0 Å². The molecule has 0 amide bonds. The van der Waals surface area contributed by atoms with Crippen LogP contribution in [-0.4, -0.2) is 53.0 Å². The van der Waals surface area contributed by atoms with E-state index in [1.54, 1.807) is 13.3 Å². The normalized spacial score (nSPS) is 16.2. The van der Waals surface area contributed by atoms with E-state index in [0.717, 1.165) is 35.9 Å². The van der Waals surface area contributed by atoms with Crippen molar-refractivity contribution in [1.29, 1.82) is 0 Å². The fourth-order valence-electron chi connectivity index (χ4n) is 3.77. The zero-order valence-electron chi connectivity index (χ0n) is 18.7. The average molecular weight is 576 g/mol. The summed E-state index contributed by atoms with van der Waals surface area (Å²) < 4.78 is 31.4. The van der Waals surface area contributed by atoms with E-state index in [4.69, 9.17) is 4.42 Å². The van der Waals surface area contributed by atoms with Gasteiger partial charge in [0.1, 0.15) is 5.76 Å². The van der Waals surface area contributed by atoms with Crippen molar-refractivity contribution in [2.24, 2.45) is 4.99 Å². The molecule has 0 spiro atoms. The number of likely N-dealkylation sites (tertiary alicyclic amines) is 1. The number of guanidine groups is 1. The molecule has 178 valence electrons. The number of rotatable bonds is 9. The lowest BCUT2D eigenvalue weighted by molar-refractivity contribution is 0.146. The first-order chi connectivity index (χ1) is 15.0. The number of hydrogen-bond acceptors (Lipinski definition) is 5. The number of halogens is 1. The molecule has 1 aromatic heterocycles. The smallest absolute Gasteiger partial charge is 0.215 e. The molecule has 2 aromatic rings. The standard InChI is InChI=1S/C22H33N5O3S.HI/c1-23-22(25-15-18-8-10-19(11-9-18)17-31(28,29)24-2)26-16-20(21-7-6-14-30-21)27-12-4-3-5-13-27;/h6-11,14,20,24H,3-5,12-13,15-17H2,1-2H3,(H2,23,25,26);1H. The molecule has 0 saturated carbocycles. The second-order valence-corrected chi connectivity index (χ2v) is 9.64. The van der Waals surface area contributed by atoms with Crippen LogP contribution in [0.25, 0.3) is 0 Å². The van der Waals surface area contributed by atoms with Gasteiger partial charge in [0.2, 0.25) is 10.0 Å². The zero-order chi connectivity index (χ0) is 22.1. The lowest BCUT2D eigenvalue weighted by Crippen LogP contribution is -2.44. The van der Waals surface area contributed by atoms with E-state index in [0.29, 0.717) is 13.1 Å². The number of sulfonamides is 1. The summed E-state index contributed by atoms with van der Waals surface area (Å²) in [5.74, 6) is 1.66. The van der Waals surface area contributed by atoms with Gasteiger partial charge in [-0.05, 0) is 56.2 Å². The molecule has 3 N–H and O–H groups in total. The summed E-state index contributed by atoms with van der Waals surface area (Å²) in [5.41, 5.74) is 1.80. The number of aliphatic imine (C=N–C) groups is 1. The first-order valence-corrected chi connectivity index (χ1v) is 12.4. The van der Waals surface area contributed by atoms with Crippen molar-refractivity contribution in [3.05, 3.63) is 59.5 Å². The maximum absolute atomic E-state index is 11.7. The maximum atomic E-state index is 11.7. The van der Waals surface area contributed by atoms with Crippen LogP contribution < -0.4 is 15.4 Å². The van der Waals surface area contributed by atoms with E-state index in [9.17, 15) is 8.42 Å². The Hall–Kier alpha value is -1.63. The number of furan rings is 1. The quantitative estimate of drug-likeness (QED) is 0.242. The largest absolute Gasteiger partial charge is 0.468 e. The topological polar surface area (TPSA) is 99.0 Å². The molecular weight excluding hydrogens is 541 g/mol. The summed E-state index contributed by atoms with van der Waals surface area (Å²) in [4.78, 5) is 6.81. The molecule has 0 aliphatic carbocycles. The van der Waals surface area contributed by atoms with Crippen LogP contribution in [0.4, 0.5) is 0 Å². The zero-order valence-corrected chi connectivity index (χ0v) is 21.9. The molecule has 1 aliphatic heterocycles. The summed E-state index contributed by atoms with van der Waals surface area (Å²) in [6.45, 7) is 3.45. The molecule has 1 atom stereocenters. The second kappa shape index (κ2) is 13.2. The predicted molar refractivity (Wildman–Crippen MR) is 139 cm³/mol. The molecular formula is C22H34IN5O3S. The Balaban J connectivity index is 0.00000363. The van der Waals surface area contributed by atoms with Gasteiger partial charge in [-0.3, -0.25) is 9.89 Å². The third-order valence-corrected chi connectivity index (χ3v) is 6.88. The maximum Gasteiger partial charge on any atom is 0.215 e. The molecule has 32 heavy (non-hydrogen) atoms. The Morgan fingerprint density at radius 2 is 1.78 bits per heavy atom. The van der Waals surface area contributed by atoms with E-state index < -0.39 is 10.0 Å². The van der Waals surface area contributed by atoms with Crippen molar-refractivity contribution in [3.63, 3.8) is 0 Å². The predicted octanol–water partition coefficient (Wildman–Crippen LogP) is 2.84. The van der Waals surface area contributed by atoms with E-state index in [1.807, 2.05) is 36.4 Å². The summed E-state index contributed by atoms with van der Waals surface area (Å²) in [7, 11) is -0.0868. The van der Waals surface area contributed by atoms with Gasteiger partial charge in [-0.15, -0.1) is 24.0 Å². The van der Waals surface area contributed by atoms with Crippen LogP contribution in [0.2, 0.25) is 0 Å². The van der Waals surface area contributed by atoms with Crippen LogP contribution in [0.1, 0.15) is 42.2 Å². The molecule has 1 unspecified atom stereocenters. The molecule has 1 fully saturated rings. The Kier molecular flexibility index (Phi) is 11.0. The van der Waals surface area contributed by atoms with Crippen molar-refractivity contribution in [3.8, 4) is 0 Å². The van der Waals surface area contributed by atoms with Crippen LogP contribution >= 0.6 is 24.0 Å². The minimum atomic E-state index is -3.27. The highest BCUT2D eigenvalue weighted by Crippen LogP contribution is 2.24. The molecule has 2 heterocycles. The Morgan fingerprint density at radius 1 is 1.09 bits per heavy atom. The number of piperidine rings is 1. The lowest BCUT2D eigenvalue weighted by Gasteiger charge is -2.33. The van der Waals surface area contributed by atoms with E-state index in [1.165, 1.54) is 26.3 Å². The number of nitrogens with one attached hydrogen (secondary N) is 3.